The highest BCUT2D eigenvalue weighted by atomic mass is 19.4. The Hall–Kier alpha value is -1.54. The van der Waals surface area contributed by atoms with Crippen molar-refractivity contribution in [1.29, 1.82) is 5.26 Å². The molecule has 104 valence electrons. The normalized spacial score (nSPS) is 13.3. The van der Waals surface area contributed by atoms with Crippen LogP contribution in [0.4, 0.5) is 13.2 Å². The Labute approximate surface area is 111 Å². The van der Waals surface area contributed by atoms with E-state index in [2.05, 4.69) is 5.32 Å². The lowest BCUT2D eigenvalue weighted by molar-refractivity contribution is -0.138. The van der Waals surface area contributed by atoms with E-state index in [0.29, 0.717) is 12.5 Å². The summed E-state index contributed by atoms with van der Waals surface area (Å²) in [5.41, 5.74) is -0.764. The van der Waals surface area contributed by atoms with Gasteiger partial charge in [-0.2, -0.15) is 18.4 Å². The number of alkyl halides is 3. The Balaban J connectivity index is 2.90. The van der Waals surface area contributed by atoms with E-state index in [1.165, 1.54) is 18.2 Å². The van der Waals surface area contributed by atoms with Crippen molar-refractivity contribution < 1.29 is 13.2 Å². The van der Waals surface area contributed by atoms with Crippen molar-refractivity contribution in [3.05, 3.63) is 35.4 Å². The molecule has 0 radical (unpaired) electrons. The molecular weight excluding hydrogens is 253 g/mol. The summed E-state index contributed by atoms with van der Waals surface area (Å²) in [7, 11) is 0. The van der Waals surface area contributed by atoms with Crippen molar-refractivity contribution in [2.45, 2.75) is 32.5 Å². The van der Waals surface area contributed by atoms with E-state index in [1.54, 1.807) is 0 Å². The Kier molecular flexibility index (Phi) is 5.37. The third-order valence-corrected chi connectivity index (χ3v) is 2.78. The van der Waals surface area contributed by atoms with Crippen molar-refractivity contribution in [2.24, 2.45) is 5.92 Å². The van der Waals surface area contributed by atoms with Crippen molar-refractivity contribution >= 4 is 0 Å². The molecule has 0 saturated carbocycles. The third-order valence-electron chi connectivity index (χ3n) is 2.78. The van der Waals surface area contributed by atoms with Crippen LogP contribution in [0.5, 0.6) is 0 Å². The second-order valence-corrected chi connectivity index (χ2v) is 4.78. The highest BCUT2D eigenvalue weighted by Gasteiger charge is 2.34. The first kappa shape index (κ1) is 15.5. The molecule has 19 heavy (non-hydrogen) atoms. The molecule has 0 spiro atoms. The van der Waals surface area contributed by atoms with Crippen LogP contribution in [-0.4, -0.2) is 6.54 Å². The summed E-state index contributed by atoms with van der Waals surface area (Å²) in [6, 6.07) is 6.15. The number of benzene rings is 1. The SMILES string of the molecule is CC(C)CCNC(C#N)c1ccccc1C(F)(F)F. The van der Waals surface area contributed by atoms with E-state index in [1.807, 2.05) is 19.9 Å². The number of hydrogen-bond acceptors (Lipinski definition) is 2. The van der Waals surface area contributed by atoms with Gasteiger partial charge in [-0.3, -0.25) is 5.32 Å². The number of hydrogen-bond donors (Lipinski definition) is 1. The highest BCUT2D eigenvalue weighted by Crippen LogP contribution is 2.34. The predicted molar refractivity (Wildman–Crippen MR) is 67.3 cm³/mol. The molecule has 0 heterocycles. The second-order valence-electron chi connectivity index (χ2n) is 4.78. The molecule has 0 fully saturated rings. The van der Waals surface area contributed by atoms with Crippen LogP contribution in [0.15, 0.2) is 24.3 Å². The maximum atomic E-state index is 12.9. The van der Waals surface area contributed by atoms with Crippen molar-refractivity contribution in [3.8, 4) is 6.07 Å². The van der Waals surface area contributed by atoms with E-state index in [0.717, 1.165) is 12.5 Å². The van der Waals surface area contributed by atoms with Crippen LogP contribution >= 0.6 is 0 Å². The van der Waals surface area contributed by atoms with Gasteiger partial charge in [0.05, 0.1) is 11.6 Å². The van der Waals surface area contributed by atoms with E-state index in [-0.39, 0.29) is 5.56 Å². The Morgan fingerprint density at radius 1 is 1.26 bits per heavy atom. The van der Waals surface area contributed by atoms with Gasteiger partial charge in [0.15, 0.2) is 0 Å². The minimum Gasteiger partial charge on any atom is -0.298 e. The van der Waals surface area contributed by atoms with Gasteiger partial charge in [-0.25, -0.2) is 0 Å². The minimum atomic E-state index is -4.44. The molecule has 1 aromatic carbocycles. The fraction of sp³-hybridized carbons (Fsp3) is 0.500. The van der Waals surface area contributed by atoms with Crippen LogP contribution < -0.4 is 5.32 Å². The average Bonchev–Trinajstić information content (AvgIpc) is 2.33. The van der Waals surface area contributed by atoms with Gasteiger partial charge in [0.2, 0.25) is 0 Å². The standard InChI is InChI=1S/C14H17F3N2/c1-10(2)7-8-19-13(9-18)11-5-3-4-6-12(11)14(15,16)17/h3-6,10,13,19H,7-8H2,1-2H3. The third kappa shape index (κ3) is 4.56. The number of nitriles is 1. The monoisotopic (exact) mass is 270 g/mol. The molecule has 0 aliphatic carbocycles. The Morgan fingerprint density at radius 3 is 2.42 bits per heavy atom. The van der Waals surface area contributed by atoms with Crippen LogP contribution in [-0.2, 0) is 6.18 Å². The van der Waals surface area contributed by atoms with Gasteiger partial charge < -0.3 is 0 Å². The molecule has 1 rings (SSSR count). The summed E-state index contributed by atoms with van der Waals surface area (Å²) in [6.07, 6.45) is -3.63. The van der Waals surface area contributed by atoms with Gasteiger partial charge in [0.1, 0.15) is 6.04 Å². The molecule has 1 aromatic rings. The molecule has 0 bridgehead atoms. The zero-order chi connectivity index (χ0) is 14.5. The summed E-state index contributed by atoms with van der Waals surface area (Å²) < 4.78 is 38.6. The number of rotatable bonds is 5. The summed E-state index contributed by atoms with van der Waals surface area (Å²) >= 11 is 0. The van der Waals surface area contributed by atoms with Gasteiger partial charge in [0, 0.05) is 0 Å². The first-order valence-electron chi connectivity index (χ1n) is 6.15. The topological polar surface area (TPSA) is 35.8 Å². The van der Waals surface area contributed by atoms with Crippen LogP contribution in [0.2, 0.25) is 0 Å². The number of nitrogens with zero attached hydrogens (tertiary/aromatic N) is 1. The average molecular weight is 270 g/mol. The van der Waals surface area contributed by atoms with Gasteiger partial charge in [-0.1, -0.05) is 32.0 Å². The Morgan fingerprint density at radius 2 is 1.89 bits per heavy atom. The molecule has 0 aliphatic rings. The molecule has 0 saturated heterocycles. The number of halogens is 3. The van der Waals surface area contributed by atoms with Crippen LogP contribution in [0.3, 0.4) is 0 Å². The zero-order valence-electron chi connectivity index (χ0n) is 11.0. The fourth-order valence-corrected chi connectivity index (χ4v) is 1.75. The Bertz CT molecular complexity index is 447. The lowest BCUT2D eigenvalue weighted by Crippen LogP contribution is -2.24. The largest absolute Gasteiger partial charge is 0.416 e. The van der Waals surface area contributed by atoms with Crippen molar-refractivity contribution in [2.75, 3.05) is 6.54 Å². The molecule has 1 atom stereocenters. The maximum Gasteiger partial charge on any atom is 0.416 e. The molecule has 0 aliphatic heterocycles. The first-order chi connectivity index (χ1) is 8.86. The van der Waals surface area contributed by atoms with E-state index in [9.17, 15) is 13.2 Å². The summed E-state index contributed by atoms with van der Waals surface area (Å²) in [5, 5.41) is 11.9. The van der Waals surface area contributed by atoms with Crippen LogP contribution in [0, 0.1) is 17.2 Å². The highest BCUT2D eigenvalue weighted by molar-refractivity contribution is 5.35. The van der Waals surface area contributed by atoms with Gasteiger partial charge in [-0.15, -0.1) is 0 Å². The number of nitrogens with one attached hydrogen (secondary N) is 1. The van der Waals surface area contributed by atoms with Crippen molar-refractivity contribution in [1.82, 2.24) is 5.32 Å². The van der Waals surface area contributed by atoms with Crippen LogP contribution in [0.1, 0.15) is 37.4 Å². The van der Waals surface area contributed by atoms with E-state index in [4.69, 9.17) is 5.26 Å². The molecule has 0 amide bonds. The molecule has 0 aromatic heterocycles. The summed E-state index contributed by atoms with van der Waals surface area (Å²) in [4.78, 5) is 0. The zero-order valence-corrected chi connectivity index (χ0v) is 11.0. The summed E-state index contributed by atoms with van der Waals surface area (Å²) in [6.45, 7) is 4.56. The molecule has 1 N–H and O–H groups in total. The first-order valence-corrected chi connectivity index (χ1v) is 6.15. The maximum absolute atomic E-state index is 12.9. The smallest absolute Gasteiger partial charge is 0.298 e. The molecule has 1 unspecified atom stereocenters. The lowest BCUT2D eigenvalue weighted by Gasteiger charge is -2.18. The lowest BCUT2D eigenvalue weighted by atomic mass is 10.0. The second kappa shape index (κ2) is 6.58. The van der Waals surface area contributed by atoms with Gasteiger partial charge in [0.25, 0.3) is 0 Å². The minimum absolute atomic E-state index is 0.0127. The molecule has 5 heteroatoms. The molecule has 2 nitrogen and oxygen atoms in total. The summed E-state index contributed by atoms with van der Waals surface area (Å²) in [5.74, 6) is 0.435. The van der Waals surface area contributed by atoms with Crippen LogP contribution in [0.25, 0.3) is 0 Å². The van der Waals surface area contributed by atoms with E-state index < -0.39 is 17.8 Å². The predicted octanol–water partition coefficient (Wildman–Crippen LogP) is 3.91. The van der Waals surface area contributed by atoms with E-state index >= 15 is 0 Å². The molecular formula is C14H17F3N2. The quantitative estimate of drug-likeness (QED) is 0.880. The van der Waals surface area contributed by atoms with Gasteiger partial charge in [-0.05, 0) is 30.5 Å². The van der Waals surface area contributed by atoms with Gasteiger partial charge >= 0.3 is 6.18 Å². The van der Waals surface area contributed by atoms with Crippen molar-refractivity contribution in [3.63, 3.8) is 0 Å². The fourth-order valence-electron chi connectivity index (χ4n) is 1.75.